The second-order valence-corrected chi connectivity index (χ2v) is 5.28. The van der Waals surface area contributed by atoms with E-state index in [1.54, 1.807) is 0 Å². The Kier molecular flexibility index (Phi) is 4.02. The Morgan fingerprint density at radius 1 is 1.35 bits per heavy atom. The Balaban J connectivity index is 1.57. The molecule has 20 heavy (non-hydrogen) atoms. The molecule has 0 saturated carbocycles. The lowest BCUT2D eigenvalue weighted by atomic mass is 10.1. The number of aromatic nitrogens is 1. The monoisotopic (exact) mass is 272 g/mol. The molecule has 2 N–H and O–H groups in total. The Labute approximate surface area is 118 Å². The molecule has 2 heterocycles. The van der Waals surface area contributed by atoms with Crippen LogP contribution in [0.3, 0.4) is 0 Å². The number of rotatable bonds is 4. The molecule has 1 saturated heterocycles. The van der Waals surface area contributed by atoms with Gasteiger partial charge in [0.05, 0.1) is 17.2 Å². The summed E-state index contributed by atoms with van der Waals surface area (Å²) in [7, 11) is 0. The maximum atomic E-state index is 12.2. The lowest BCUT2D eigenvalue weighted by molar-refractivity contribution is 0.0117. The van der Waals surface area contributed by atoms with Crippen molar-refractivity contribution >= 4 is 16.8 Å². The zero-order valence-corrected chi connectivity index (χ0v) is 11.5. The lowest BCUT2D eigenvalue weighted by Crippen LogP contribution is -2.29. The minimum absolute atomic E-state index is 0.0196. The number of ether oxygens (including phenoxy) is 1. The topological polar surface area (TPSA) is 54.1 Å². The van der Waals surface area contributed by atoms with E-state index in [9.17, 15) is 4.79 Å². The van der Waals surface area contributed by atoms with Gasteiger partial charge in [-0.05, 0) is 37.8 Å². The first kappa shape index (κ1) is 13.2. The van der Waals surface area contributed by atoms with E-state index < -0.39 is 0 Å². The number of para-hydroxylation sites is 1. The number of carbonyl (C=O) groups is 1. The number of hydrogen-bond donors (Lipinski definition) is 2. The second kappa shape index (κ2) is 6.09. The SMILES string of the molecule is O=C(NCCC1CCCCO1)c1cccc2cc[nH]c12. The molecule has 3 rings (SSSR count). The summed E-state index contributed by atoms with van der Waals surface area (Å²) in [5, 5.41) is 4.05. The van der Waals surface area contributed by atoms with Crippen molar-refractivity contribution < 1.29 is 9.53 Å². The van der Waals surface area contributed by atoms with E-state index in [1.807, 2.05) is 30.5 Å². The van der Waals surface area contributed by atoms with Gasteiger partial charge >= 0.3 is 0 Å². The van der Waals surface area contributed by atoms with Crippen LogP contribution in [-0.2, 0) is 4.74 Å². The highest BCUT2D eigenvalue weighted by Crippen LogP contribution is 2.17. The average Bonchev–Trinajstić information content (AvgIpc) is 2.96. The van der Waals surface area contributed by atoms with Gasteiger partial charge in [-0.25, -0.2) is 0 Å². The number of amides is 1. The summed E-state index contributed by atoms with van der Waals surface area (Å²) in [6.45, 7) is 1.53. The maximum Gasteiger partial charge on any atom is 0.253 e. The van der Waals surface area contributed by atoms with E-state index >= 15 is 0 Å². The molecular formula is C16H20N2O2. The van der Waals surface area contributed by atoms with Gasteiger partial charge in [0, 0.05) is 24.7 Å². The molecule has 0 bridgehead atoms. The first-order valence-corrected chi connectivity index (χ1v) is 7.30. The van der Waals surface area contributed by atoms with E-state index in [2.05, 4.69) is 10.3 Å². The number of aromatic amines is 1. The molecular weight excluding hydrogens is 252 g/mol. The van der Waals surface area contributed by atoms with Gasteiger partial charge in [0.2, 0.25) is 0 Å². The van der Waals surface area contributed by atoms with Crippen LogP contribution in [-0.4, -0.2) is 30.1 Å². The maximum absolute atomic E-state index is 12.2. The molecule has 1 amide bonds. The van der Waals surface area contributed by atoms with Gasteiger partial charge in [-0.1, -0.05) is 12.1 Å². The van der Waals surface area contributed by atoms with E-state index in [0.717, 1.165) is 36.8 Å². The van der Waals surface area contributed by atoms with Gasteiger partial charge in [0.1, 0.15) is 0 Å². The number of benzene rings is 1. The second-order valence-electron chi connectivity index (χ2n) is 5.28. The van der Waals surface area contributed by atoms with Crippen molar-refractivity contribution in [1.82, 2.24) is 10.3 Å². The summed E-state index contributed by atoms with van der Waals surface area (Å²) in [5.41, 5.74) is 1.61. The third kappa shape index (κ3) is 2.85. The summed E-state index contributed by atoms with van der Waals surface area (Å²) in [6.07, 6.45) is 6.58. The number of hydrogen-bond acceptors (Lipinski definition) is 2. The normalized spacial score (nSPS) is 19.1. The molecule has 1 aliphatic rings. The van der Waals surface area contributed by atoms with Crippen molar-refractivity contribution in [1.29, 1.82) is 0 Å². The molecule has 1 aromatic heterocycles. The van der Waals surface area contributed by atoms with Crippen molar-refractivity contribution in [3.8, 4) is 0 Å². The largest absolute Gasteiger partial charge is 0.378 e. The number of nitrogens with one attached hydrogen (secondary N) is 2. The van der Waals surface area contributed by atoms with Gasteiger partial charge in [-0.3, -0.25) is 4.79 Å². The molecule has 1 atom stereocenters. The van der Waals surface area contributed by atoms with Crippen molar-refractivity contribution in [3.05, 3.63) is 36.0 Å². The van der Waals surface area contributed by atoms with E-state index in [-0.39, 0.29) is 5.91 Å². The van der Waals surface area contributed by atoms with Crippen LogP contribution in [0.5, 0.6) is 0 Å². The summed E-state index contributed by atoms with van der Waals surface area (Å²) in [4.78, 5) is 15.3. The summed E-state index contributed by atoms with van der Waals surface area (Å²) in [6, 6.07) is 7.74. The minimum Gasteiger partial charge on any atom is -0.378 e. The van der Waals surface area contributed by atoms with Gasteiger partial charge in [-0.15, -0.1) is 0 Å². The molecule has 0 radical (unpaired) electrons. The van der Waals surface area contributed by atoms with E-state index in [0.29, 0.717) is 18.2 Å². The van der Waals surface area contributed by atoms with Crippen LogP contribution in [0.2, 0.25) is 0 Å². The molecule has 1 aromatic carbocycles. The standard InChI is InChI=1S/C16H20N2O2/c19-16(18-10-8-13-5-1-2-11-20-13)14-6-3-4-12-7-9-17-15(12)14/h3-4,6-7,9,13,17H,1-2,5,8,10-11H2,(H,18,19). The lowest BCUT2D eigenvalue weighted by Gasteiger charge is -2.22. The van der Waals surface area contributed by atoms with Crippen LogP contribution in [0.4, 0.5) is 0 Å². The van der Waals surface area contributed by atoms with Crippen molar-refractivity contribution in [2.45, 2.75) is 31.8 Å². The highest BCUT2D eigenvalue weighted by Gasteiger charge is 2.15. The third-order valence-corrected chi connectivity index (χ3v) is 3.86. The number of H-pyrrole nitrogens is 1. The number of fused-ring (bicyclic) bond motifs is 1. The first-order valence-electron chi connectivity index (χ1n) is 7.30. The van der Waals surface area contributed by atoms with E-state index in [4.69, 9.17) is 4.74 Å². The molecule has 4 nitrogen and oxygen atoms in total. The predicted molar refractivity (Wildman–Crippen MR) is 78.8 cm³/mol. The quantitative estimate of drug-likeness (QED) is 0.899. The van der Waals surface area contributed by atoms with Crippen LogP contribution in [0.15, 0.2) is 30.5 Å². The van der Waals surface area contributed by atoms with Gasteiger partial charge < -0.3 is 15.0 Å². The Morgan fingerprint density at radius 2 is 2.30 bits per heavy atom. The van der Waals surface area contributed by atoms with Crippen LogP contribution < -0.4 is 5.32 Å². The molecule has 106 valence electrons. The zero-order valence-electron chi connectivity index (χ0n) is 11.5. The fourth-order valence-corrected chi connectivity index (χ4v) is 2.75. The van der Waals surface area contributed by atoms with Gasteiger partial charge in [-0.2, -0.15) is 0 Å². The van der Waals surface area contributed by atoms with E-state index in [1.165, 1.54) is 6.42 Å². The van der Waals surface area contributed by atoms with Crippen LogP contribution >= 0.6 is 0 Å². The summed E-state index contributed by atoms with van der Waals surface area (Å²) >= 11 is 0. The fraction of sp³-hybridized carbons (Fsp3) is 0.438. The summed E-state index contributed by atoms with van der Waals surface area (Å²) < 4.78 is 5.67. The highest BCUT2D eigenvalue weighted by atomic mass is 16.5. The first-order chi connectivity index (χ1) is 9.84. The minimum atomic E-state index is -0.0196. The number of carbonyl (C=O) groups excluding carboxylic acids is 1. The van der Waals surface area contributed by atoms with Crippen LogP contribution in [0.1, 0.15) is 36.0 Å². The predicted octanol–water partition coefficient (Wildman–Crippen LogP) is 2.86. The third-order valence-electron chi connectivity index (χ3n) is 3.86. The Morgan fingerprint density at radius 3 is 3.15 bits per heavy atom. The summed E-state index contributed by atoms with van der Waals surface area (Å²) in [5.74, 6) is -0.0196. The molecule has 1 aliphatic heterocycles. The molecule has 1 unspecified atom stereocenters. The molecule has 0 spiro atoms. The van der Waals surface area contributed by atoms with Crippen molar-refractivity contribution in [3.63, 3.8) is 0 Å². The van der Waals surface area contributed by atoms with Crippen LogP contribution in [0.25, 0.3) is 10.9 Å². The molecule has 1 fully saturated rings. The average molecular weight is 272 g/mol. The fourth-order valence-electron chi connectivity index (χ4n) is 2.75. The molecule has 4 heteroatoms. The van der Waals surface area contributed by atoms with Gasteiger partial charge in [0.15, 0.2) is 0 Å². The Bertz CT molecular complexity index is 585. The Hall–Kier alpha value is -1.81. The molecule has 0 aliphatic carbocycles. The van der Waals surface area contributed by atoms with Gasteiger partial charge in [0.25, 0.3) is 5.91 Å². The zero-order chi connectivity index (χ0) is 13.8. The smallest absolute Gasteiger partial charge is 0.253 e. The van der Waals surface area contributed by atoms with Crippen LogP contribution in [0, 0.1) is 0 Å². The van der Waals surface area contributed by atoms with Crippen molar-refractivity contribution in [2.75, 3.05) is 13.2 Å². The van der Waals surface area contributed by atoms with Crippen molar-refractivity contribution in [2.24, 2.45) is 0 Å². The molecule has 2 aromatic rings. The highest BCUT2D eigenvalue weighted by molar-refractivity contribution is 6.05.